The topological polar surface area (TPSA) is 19.0 Å². The SMILES string of the molecule is CCN(CC)c1ccc2c(c1)Oc1cc(N(CC)CC)ccc1C21c2ccccc2CN1c1ccc(Cl)cc1. The minimum absolute atomic E-state index is 0.531. The summed E-state index contributed by atoms with van der Waals surface area (Å²) >= 11 is 6.35. The van der Waals surface area contributed by atoms with E-state index in [0.29, 0.717) is 0 Å². The summed E-state index contributed by atoms with van der Waals surface area (Å²) < 4.78 is 6.84. The molecule has 5 heteroatoms. The molecule has 0 saturated carbocycles. The normalized spacial score (nSPS) is 14.4. The lowest BCUT2D eigenvalue weighted by atomic mass is 9.74. The van der Waals surface area contributed by atoms with E-state index in [1.165, 1.54) is 33.6 Å². The van der Waals surface area contributed by atoms with Crippen molar-refractivity contribution in [1.82, 2.24) is 0 Å². The molecule has 4 nitrogen and oxygen atoms in total. The van der Waals surface area contributed by atoms with E-state index in [9.17, 15) is 0 Å². The molecule has 2 aliphatic rings. The van der Waals surface area contributed by atoms with Gasteiger partial charge in [-0.15, -0.1) is 0 Å². The molecule has 0 aliphatic carbocycles. The van der Waals surface area contributed by atoms with Gasteiger partial charge < -0.3 is 19.4 Å². The van der Waals surface area contributed by atoms with Crippen LogP contribution in [0.3, 0.4) is 0 Å². The molecule has 39 heavy (non-hydrogen) atoms. The predicted molar refractivity (Wildman–Crippen MR) is 164 cm³/mol. The van der Waals surface area contributed by atoms with Crippen molar-refractivity contribution in [2.24, 2.45) is 0 Å². The highest BCUT2D eigenvalue weighted by Gasteiger charge is 2.53. The van der Waals surface area contributed by atoms with Crippen LogP contribution in [0.5, 0.6) is 11.5 Å². The third-order valence-corrected chi connectivity index (χ3v) is 8.72. The average Bonchev–Trinajstić information content (AvgIpc) is 3.30. The van der Waals surface area contributed by atoms with Gasteiger partial charge in [-0.3, -0.25) is 0 Å². The Balaban J connectivity index is 1.66. The zero-order chi connectivity index (χ0) is 27.1. The maximum atomic E-state index is 6.84. The second kappa shape index (κ2) is 10.2. The van der Waals surface area contributed by atoms with Crippen LogP contribution in [0.4, 0.5) is 17.1 Å². The first-order valence-corrected chi connectivity index (χ1v) is 14.5. The van der Waals surface area contributed by atoms with E-state index in [1.807, 2.05) is 12.1 Å². The van der Waals surface area contributed by atoms with Gasteiger partial charge in [0.15, 0.2) is 0 Å². The second-order valence-electron chi connectivity index (χ2n) is 10.2. The molecule has 0 atom stereocenters. The average molecular weight is 538 g/mol. The summed E-state index contributed by atoms with van der Waals surface area (Å²) in [5, 5.41) is 0.741. The third-order valence-electron chi connectivity index (χ3n) is 8.47. The van der Waals surface area contributed by atoms with Gasteiger partial charge in [0.05, 0.1) is 0 Å². The Kier molecular flexibility index (Phi) is 6.68. The molecule has 1 spiro atoms. The van der Waals surface area contributed by atoms with Crippen molar-refractivity contribution in [2.45, 2.75) is 39.8 Å². The smallest absolute Gasteiger partial charge is 0.135 e. The molecule has 4 aromatic rings. The molecule has 0 fully saturated rings. The summed E-state index contributed by atoms with van der Waals surface area (Å²) in [6.07, 6.45) is 0. The van der Waals surface area contributed by atoms with Gasteiger partial charge in [-0.25, -0.2) is 0 Å². The van der Waals surface area contributed by atoms with Crippen molar-refractivity contribution in [3.05, 3.63) is 112 Å². The lowest BCUT2D eigenvalue weighted by Crippen LogP contribution is -2.45. The molecule has 2 heterocycles. The number of hydrogen-bond acceptors (Lipinski definition) is 4. The fourth-order valence-electron chi connectivity index (χ4n) is 6.56. The molecule has 0 unspecified atom stereocenters. The molecule has 0 N–H and O–H groups in total. The van der Waals surface area contributed by atoms with E-state index in [0.717, 1.165) is 54.9 Å². The van der Waals surface area contributed by atoms with E-state index in [4.69, 9.17) is 16.3 Å². The fourth-order valence-corrected chi connectivity index (χ4v) is 6.68. The molecule has 0 amide bonds. The first kappa shape index (κ1) is 25.6. The molecule has 0 bridgehead atoms. The lowest BCUT2D eigenvalue weighted by Gasteiger charge is -2.46. The standard InChI is InChI=1S/C34H36ClN3O/c1-5-36(6-2)27-17-19-30-32(21-27)39-33-22-28(37(7-3)8-4)18-20-31(33)34(30)29-12-10-9-11-24(29)23-38(34)26-15-13-25(35)14-16-26/h9-22H,5-8,23H2,1-4H3. The van der Waals surface area contributed by atoms with Gasteiger partial charge in [0, 0.05) is 78.1 Å². The van der Waals surface area contributed by atoms with Gasteiger partial charge >= 0.3 is 0 Å². The maximum Gasteiger partial charge on any atom is 0.135 e. The van der Waals surface area contributed by atoms with Gasteiger partial charge in [-0.05, 0) is 75.2 Å². The van der Waals surface area contributed by atoms with E-state index in [-0.39, 0.29) is 0 Å². The first-order valence-electron chi connectivity index (χ1n) is 14.1. The number of ether oxygens (including phenoxy) is 1. The number of rotatable bonds is 7. The summed E-state index contributed by atoms with van der Waals surface area (Å²) in [7, 11) is 0. The van der Waals surface area contributed by atoms with E-state index in [2.05, 4.69) is 115 Å². The Hall–Kier alpha value is -3.63. The Morgan fingerprint density at radius 2 is 1.23 bits per heavy atom. The first-order chi connectivity index (χ1) is 19.0. The van der Waals surface area contributed by atoms with Crippen LogP contribution >= 0.6 is 11.6 Å². The van der Waals surface area contributed by atoms with Crippen LogP contribution in [0, 0.1) is 0 Å². The summed E-state index contributed by atoms with van der Waals surface area (Å²) in [6, 6.07) is 30.7. The Bertz CT molecular complexity index is 1430. The second-order valence-corrected chi connectivity index (χ2v) is 10.7. The Labute approximate surface area is 237 Å². The molecule has 0 aromatic heterocycles. The van der Waals surface area contributed by atoms with Crippen LogP contribution in [0.25, 0.3) is 0 Å². The number of fused-ring (bicyclic) bond motifs is 6. The number of benzene rings is 4. The minimum atomic E-state index is -0.531. The van der Waals surface area contributed by atoms with Crippen molar-refractivity contribution in [3.63, 3.8) is 0 Å². The van der Waals surface area contributed by atoms with Gasteiger partial charge in [-0.1, -0.05) is 48.0 Å². The Morgan fingerprint density at radius 1 is 0.692 bits per heavy atom. The van der Waals surface area contributed by atoms with Crippen LogP contribution < -0.4 is 19.4 Å². The molecule has 200 valence electrons. The van der Waals surface area contributed by atoms with Crippen LogP contribution in [0.1, 0.15) is 49.9 Å². The van der Waals surface area contributed by atoms with Crippen molar-refractivity contribution >= 4 is 28.7 Å². The van der Waals surface area contributed by atoms with Crippen molar-refractivity contribution in [3.8, 4) is 11.5 Å². The Morgan fingerprint density at radius 3 is 1.77 bits per heavy atom. The molecule has 4 aromatic carbocycles. The predicted octanol–water partition coefficient (Wildman–Crippen LogP) is 8.45. The van der Waals surface area contributed by atoms with Gasteiger partial charge in [0.1, 0.15) is 17.0 Å². The molecular formula is C34H36ClN3O. The highest BCUT2D eigenvalue weighted by atomic mass is 35.5. The summed E-state index contributed by atoms with van der Waals surface area (Å²) in [6.45, 7) is 13.4. The van der Waals surface area contributed by atoms with E-state index in [1.54, 1.807) is 0 Å². The zero-order valence-electron chi connectivity index (χ0n) is 23.2. The molecule has 0 radical (unpaired) electrons. The summed E-state index contributed by atoms with van der Waals surface area (Å²) in [5.41, 5.74) is 7.93. The third kappa shape index (κ3) is 3.96. The van der Waals surface area contributed by atoms with Crippen LogP contribution in [-0.2, 0) is 12.1 Å². The zero-order valence-corrected chi connectivity index (χ0v) is 24.0. The van der Waals surface area contributed by atoms with Crippen molar-refractivity contribution in [2.75, 3.05) is 40.9 Å². The number of hydrogen-bond donors (Lipinski definition) is 0. The highest BCUT2D eigenvalue weighted by molar-refractivity contribution is 6.30. The molecule has 2 aliphatic heterocycles. The van der Waals surface area contributed by atoms with Crippen LogP contribution in [0.2, 0.25) is 5.02 Å². The number of nitrogens with zero attached hydrogens (tertiary/aromatic N) is 3. The number of anilines is 3. The van der Waals surface area contributed by atoms with E-state index >= 15 is 0 Å². The molecule has 6 rings (SSSR count). The van der Waals surface area contributed by atoms with E-state index < -0.39 is 5.54 Å². The van der Waals surface area contributed by atoms with Crippen molar-refractivity contribution < 1.29 is 4.74 Å². The maximum absolute atomic E-state index is 6.84. The van der Waals surface area contributed by atoms with Crippen molar-refractivity contribution in [1.29, 1.82) is 0 Å². The monoisotopic (exact) mass is 537 g/mol. The molecular weight excluding hydrogens is 502 g/mol. The fraction of sp³-hybridized carbons (Fsp3) is 0.294. The summed E-state index contributed by atoms with van der Waals surface area (Å²) in [5.74, 6) is 1.83. The van der Waals surface area contributed by atoms with Crippen LogP contribution in [0.15, 0.2) is 84.9 Å². The van der Waals surface area contributed by atoms with Crippen LogP contribution in [-0.4, -0.2) is 26.2 Å². The molecule has 0 saturated heterocycles. The minimum Gasteiger partial charge on any atom is -0.456 e. The van der Waals surface area contributed by atoms with Gasteiger partial charge in [-0.2, -0.15) is 0 Å². The quantitative estimate of drug-likeness (QED) is 0.235. The summed E-state index contributed by atoms with van der Waals surface area (Å²) in [4.78, 5) is 7.28. The van der Waals surface area contributed by atoms with Gasteiger partial charge in [0.2, 0.25) is 0 Å². The number of halogens is 1. The highest BCUT2D eigenvalue weighted by Crippen LogP contribution is 2.59. The lowest BCUT2D eigenvalue weighted by molar-refractivity contribution is 0.416. The van der Waals surface area contributed by atoms with Gasteiger partial charge in [0.25, 0.3) is 0 Å². The largest absolute Gasteiger partial charge is 0.456 e.